The highest BCUT2D eigenvalue weighted by molar-refractivity contribution is 4.56. The van der Waals surface area contributed by atoms with Gasteiger partial charge in [-0.1, -0.05) is 13.3 Å². The standard InChI is InChI=1S/C18H40N2.2HI/c1-5-6-9-15-20(17-12-13-18-20)16-11-8-7-10-14-19(2,3)4;;/h5-18H2,1-4H3;2*1H/q+2;;/p-2. The van der Waals surface area contributed by atoms with Gasteiger partial charge in [0.25, 0.3) is 0 Å². The number of unbranched alkanes of at least 4 members (excludes halogenated alkanes) is 5. The summed E-state index contributed by atoms with van der Waals surface area (Å²) in [5.41, 5.74) is 0. The molecule has 2 nitrogen and oxygen atoms in total. The Morgan fingerprint density at radius 2 is 1.23 bits per heavy atom. The first kappa shape index (κ1) is 25.6. The van der Waals surface area contributed by atoms with Crippen molar-refractivity contribution in [3.05, 3.63) is 0 Å². The van der Waals surface area contributed by atoms with Crippen LogP contribution in [0.3, 0.4) is 0 Å². The molecule has 0 bridgehead atoms. The molecule has 4 heteroatoms. The molecule has 22 heavy (non-hydrogen) atoms. The highest BCUT2D eigenvalue weighted by atomic mass is 127. The third-order valence-electron chi connectivity index (χ3n) is 4.96. The average Bonchev–Trinajstić information content (AvgIpc) is 2.82. The van der Waals surface area contributed by atoms with Gasteiger partial charge in [-0.05, 0) is 38.5 Å². The zero-order valence-electron chi connectivity index (χ0n) is 15.5. The molecule has 1 aliphatic rings. The predicted octanol–water partition coefficient (Wildman–Crippen LogP) is -1.94. The SMILES string of the molecule is CCCCC[N+]1(CCCCCC[N+](C)(C)C)CCCC1.[I-].[I-]. The van der Waals surface area contributed by atoms with E-state index in [1.54, 1.807) is 0 Å². The summed E-state index contributed by atoms with van der Waals surface area (Å²) in [7, 11) is 6.91. The molecule has 1 fully saturated rings. The molecule has 0 unspecified atom stereocenters. The predicted molar refractivity (Wildman–Crippen MR) is 89.9 cm³/mol. The summed E-state index contributed by atoms with van der Waals surface area (Å²) in [6.07, 6.45) is 13.0. The second-order valence-electron chi connectivity index (χ2n) is 8.08. The van der Waals surface area contributed by atoms with Crippen LogP contribution in [-0.2, 0) is 0 Å². The van der Waals surface area contributed by atoms with Gasteiger partial charge in [0, 0.05) is 12.8 Å². The summed E-state index contributed by atoms with van der Waals surface area (Å²) in [6.45, 7) is 9.53. The Labute approximate surface area is 174 Å². The highest BCUT2D eigenvalue weighted by Gasteiger charge is 2.30. The lowest BCUT2D eigenvalue weighted by Gasteiger charge is -2.34. The number of likely N-dealkylation sites (tertiary alicyclic amines) is 1. The molecule has 0 amide bonds. The van der Waals surface area contributed by atoms with E-state index in [2.05, 4.69) is 28.1 Å². The van der Waals surface area contributed by atoms with Gasteiger partial charge in [0.1, 0.15) is 0 Å². The summed E-state index contributed by atoms with van der Waals surface area (Å²) in [5, 5.41) is 0. The normalized spacial score (nSPS) is 16.9. The Kier molecular flexibility index (Phi) is 15.9. The van der Waals surface area contributed by atoms with Crippen LogP contribution in [0.5, 0.6) is 0 Å². The quantitative estimate of drug-likeness (QED) is 0.163. The van der Waals surface area contributed by atoms with Crippen LogP contribution in [0.25, 0.3) is 0 Å². The molecular weight excluding hydrogens is 498 g/mol. The van der Waals surface area contributed by atoms with Crippen molar-refractivity contribution in [3.63, 3.8) is 0 Å². The molecule has 0 N–H and O–H groups in total. The van der Waals surface area contributed by atoms with Crippen LogP contribution in [0.1, 0.15) is 64.7 Å². The Morgan fingerprint density at radius 1 is 0.727 bits per heavy atom. The van der Waals surface area contributed by atoms with E-state index in [0.29, 0.717) is 0 Å². The van der Waals surface area contributed by atoms with Gasteiger partial charge in [-0.25, -0.2) is 0 Å². The molecule has 1 saturated heterocycles. The summed E-state index contributed by atoms with van der Waals surface area (Å²) in [5.74, 6) is 0. The van der Waals surface area contributed by atoms with Crippen molar-refractivity contribution in [1.82, 2.24) is 0 Å². The van der Waals surface area contributed by atoms with Crippen LogP contribution in [0.2, 0.25) is 0 Å². The second kappa shape index (κ2) is 13.6. The molecule has 1 rings (SSSR count). The molecule has 1 heterocycles. The van der Waals surface area contributed by atoms with E-state index in [1.165, 1.54) is 95.0 Å². The number of quaternary nitrogens is 2. The molecule has 0 spiro atoms. The Hall–Kier alpha value is 1.38. The molecule has 0 aromatic carbocycles. The van der Waals surface area contributed by atoms with Gasteiger partial charge in [-0.2, -0.15) is 0 Å². The molecule has 136 valence electrons. The molecule has 0 atom stereocenters. The monoisotopic (exact) mass is 538 g/mol. The fourth-order valence-electron chi connectivity index (χ4n) is 3.65. The number of halogens is 2. The zero-order chi connectivity index (χ0) is 14.9. The van der Waals surface area contributed by atoms with E-state index in [4.69, 9.17) is 0 Å². The number of hydrogen-bond acceptors (Lipinski definition) is 0. The van der Waals surface area contributed by atoms with Gasteiger partial charge >= 0.3 is 0 Å². The van der Waals surface area contributed by atoms with Gasteiger partial charge in [0.2, 0.25) is 0 Å². The third-order valence-corrected chi connectivity index (χ3v) is 4.96. The van der Waals surface area contributed by atoms with Gasteiger partial charge in [-0.3, -0.25) is 0 Å². The van der Waals surface area contributed by atoms with Gasteiger partial charge in [-0.15, -0.1) is 0 Å². The van der Waals surface area contributed by atoms with Gasteiger partial charge in [0.05, 0.1) is 53.9 Å². The number of nitrogens with zero attached hydrogens (tertiary/aromatic N) is 2. The fraction of sp³-hybridized carbons (Fsp3) is 1.00. The Bertz CT molecular complexity index is 246. The first-order valence-electron chi connectivity index (χ1n) is 9.13. The lowest BCUT2D eigenvalue weighted by molar-refractivity contribution is -0.917. The Balaban J connectivity index is 0. The minimum absolute atomic E-state index is 0. The van der Waals surface area contributed by atoms with Gasteiger partial charge < -0.3 is 56.9 Å². The molecule has 0 aliphatic carbocycles. The van der Waals surface area contributed by atoms with Crippen molar-refractivity contribution in [2.45, 2.75) is 64.7 Å². The van der Waals surface area contributed by atoms with Crippen LogP contribution in [0.15, 0.2) is 0 Å². The first-order valence-corrected chi connectivity index (χ1v) is 9.13. The summed E-state index contributed by atoms with van der Waals surface area (Å²) in [6, 6.07) is 0. The van der Waals surface area contributed by atoms with Crippen molar-refractivity contribution >= 4 is 0 Å². The highest BCUT2D eigenvalue weighted by Crippen LogP contribution is 2.22. The molecule has 1 aliphatic heterocycles. The molecule has 0 radical (unpaired) electrons. The van der Waals surface area contributed by atoms with E-state index in [9.17, 15) is 0 Å². The topological polar surface area (TPSA) is 0 Å². The van der Waals surface area contributed by atoms with Gasteiger partial charge in [0.15, 0.2) is 0 Å². The van der Waals surface area contributed by atoms with Crippen LogP contribution in [0, 0.1) is 0 Å². The smallest absolute Gasteiger partial charge is 0.0788 e. The number of rotatable bonds is 11. The minimum atomic E-state index is 0. The lowest BCUT2D eigenvalue weighted by Crippen LogP contribution is -3.00. The molecular formula is C18H40I2N2. The molecule has 0 aromatic rings. The van der Waals surface area contributed by atoms with E-state index >= 15 is 0 Å². The largest absolute Gasteiger partial charge is 1.00 e. The second-order valence-corrected chi connectivity index (χ2v) is 8.08. The Morgan fingerprint density at radius 3 is 1.73 bits per heavy atom. The lowest BCUT2D eigenvalue weighted by atomic mass is 10.1. The van der Waals surface area contributed by atoms with E-state index < -0.39 is 0 Å². The van der Waals surface area contributed by atoms with Crippen molar-refractivity contribution in [2.75, 3.05) is 53.9 Å². The summed E-state index contributed by atoms with van der Waals surface area (Å²) >= 11 is 0. The van der Waals surface area contributed by atoms with Crippen LogP contribution < -0.4 is 48.0 Å². The maximum absolute atomic E-state index is 2.32. The van der Waals surface area contributed by atoms with Crippen molar-refractivity contribution in [1.29, 1.82) is 0 Å². The minimum Gasteiger partial charge on any atom is -1.00 e. The summed E-state index contributed by atoms with van der Waals surface area (Å²) < 4.78 is 2.59. The molecule has 0 saturated carbocycles. The number of hydrogen-bond donors (Lipinski definition) is 0. The fourth-order valence-corrected chi connectivity index (χ4v) is 3.65. The maximum Gasteiger partial charge on any atom is 0.0788 e. The summed E-state index contributed by atoms with van der Waals surface area (Å²) in [4.78, 5) is 0. The first-order chi connectivity index (χ1) is 9.47. The molecule has 0 aromatic heterocycles. The average molecular weight is 538 g/mol. The maximum atomic E-state index is 2.32. The van der Waals surface area contributed by atoms with E-state index in [0.717, 1.165) is 4.48 Å². The van der Waals surface area contributed by atoms with Crippen LogP contribution in [-0.4, -0.2) is 62.8 Å². The van der Waals surface area contributed by atoms with Crippen molar-refractivity contribution in [3.8, 4) is 0 Å². The van der Waals surface area contributed by atoms with E-state index in [-0.39, 0.29) is 48.0 Å². The van der Waals surface area contributed by atoms with E-state index in [1.807, 2.05) is 0 Å². The van der Waals surface area contributed by atoms with Crippen molar-refractivity contribution in [2.24, 2.45) is 0 Å². The van der Waals surface area contributed by atoms with Crippen LogP contribution in [0.4, 0.5) is 0 Å². The van der Waals surface area contributed by atoms with Crippen LogP contribution >= 0.6 is 0 Å². The third kappa shape index (κ3) is 11.8. The zero-order valence-corrected chi connectivity index (χ0v) is 19.9. The van der Waals surface area contributed by atoms with Crippen molar-refractivity contribution < 1.29 is 56.9 Å².